The van der Waals surface area contributed by atoms with Crippen LogP contribution in [-0.4, -0.2) is 4.98 Å². The summed E-state index contributed by atoms with van der Waals surface area (Å²) in [5.41, 5.74) is 0. The second-order valence-electron chi connectivity index (χ2n) is 3.11. The second kappa shape index (κ2) is 5.36. The molecule has 1 rings (SSSR count). The van der Waals surface area contributed by atoms with Gasteiger partial charge in [-0.3, -0.25) is 0 Å². The van der Waals surface area contributed by atoms with E-state index in [4.69, 9.17) is 5.26 Å². The summed E-state index contributed by atoms with van der Waals surface area (Å²) in [6.45, 7) is 3.12. The Labute approximate surface area is 79.0 Å². The molecule has 0 saturated carbocycles. The Bertz CT molecular complexity index is 283. The molecule has 0 atom stereocenters. The van der Waals surface area contributed by atoms with Crippen LogP contribution in [0.2, 0.25) is 0 Å². The van der Waals surface area contributed by atoms with Crippen molar-refractivity contribution < 1.29 is 4.57 Å². The molecule has 0 saturated heterocycles. The summed E-state index contributed by atoms with van der Waals surface area (Å²) in [7, 11) is 0. The Morgan fingerprint density at radius 3 is 3.15 bits per heavy atom. The molecule has 13 heavy (non-hydrogen) atoms. The number of nitrogens with zero attached hydrogens (tertiary/aromatic N) is 2. The first kappa shape index (κ1) is 9.79. The zero-order valence-corrected chi connectivity index (χ0v) is 8.08. The first-order valence-corrected chi connectivity index (χ1v) is 4.81. The van der Waals surface area contributed by atoms with Crippen molar-refractivity contribution in [2.75, 3.05) is 0 Å². The zero-order valence-electron chi connectivity index (χ0n) is 8.08. The van der Waals surface area contributed by atoms with Crippen molar-refractivity contribution in [1.82, 2.24) is 4.98 Å². The first-order chi connectivity index (χ1) is 6.38. The maximum atomic E-state index is 8.40. The molecule has 0 radical (unpaired) electrons. The van der Waals surface area contributed by atoms with Crippen molar-refractivity contribution in [3.05, 3.63) is 18.2 Å². The van der Waals surface area contributed by atoms with Crippen LogP contribution < -0.4 is 4.57 Å². The maximum Gasteiger partial charge on any atom is 0.254 e. The molecule has 0 spiro atoms. The largest absolute Gasteiger partial charge is 0.254 e. The van der Waals surface area contributed by atoms with Crippen LogP contribution in [0.1, 0.15) is 32.0 Å². The van der Waals surface area contributed by atoms with Gasteiger partial charge >= 0.3 is 0 Å². The average molecular weight is 178 g/mol. The van der Waals surface area contributed by atoms with E-state index in [0.717, 1.165) is 25.8 Å². The molecular formula is C10H16N3+. The van der Waals surface area contributed by atoms with Gasteiger partial charge in [0.2, 0.25) is 0 Å². The molecule has 0 aliphatic heterocycles. The summed E-state index contributed by atoms with van der Waals surface area (Å²) >= 11 is 0. The Morgan fingerprint density at radius 1 is 1.62 bits per heavy atom. The van der Waals surface area contributed by atoms with Crippen molar-refractivity contribution in [3.8, 4) is 6.07 Å². The van der Waals surface area contributed by atoms with Crippen LogP contribution in [0.4, 0.5) is 0 Å². The Hall–Kier alpha value is -1.30. The molecule has 0 amide bonds. The standard InChI is InChI=1S/C10H15N3/c1-2-5-10-12-7-9-13(10)8-4-3-6-11/h7,9H,2-5,8H2,1H3/p+1. The van der Waals surface area contributed by atoms with Gasteiger partial charge in [0, 0.05) is 12.8 Å². The van der Waals surface area contributed by atoms with E-state index in [-0.39, 0.29) is 0 Å². The number of H-pyrrole nitrogens is 1. The van der Waals surface area contributed by atoms with Crippen molar-refractivity contribution >= 4 is 0 Å². The van der Waals surface area contributed by atoms with Crippen molar-refractivity contribution in [2.45, 2.75) is 39.2 Å². The highest BCUT2D eigenvalue weighted by atomic mass is 15.1. The number of imidazole rings is 1. The van der Waals surface area contributed by atoms with Crippen LogP contribution in [-0.2, 0) is 13.0 Å². The highest BCUT2D eigenvalue weighted by molar-refractivity contribution is 4.76. The number of aromatic nitrogens is 2. The van der Waals surface area contributed by atoms with Gasteiger partial charge in [0.15, 0.2) is 0 Å². The molecule has 0 aromatic carbocycles. The van der Waals surface area contributed by atoms with E-state index < -0.39 is 0 Å². The topological polar surface area (TPSA) is 43.5 Å². The van der Waals surface area contributed by atoms with E-state index in [0.29, 0.717) is 6.42 Å². The van der Waals surface area contributed by atoms with Crippen molar-refractivity contribution in [3.63, 3.8) is 0 Å². The molecule has 0 bridgehead atoms. The number of hydrogen-bond acceptors (Lipinski definition) is 1. The van der Waals surface area contributed by atoms with Gasteiger partial charge in [-0.2, -0.15) is 5.26 Å². The van der Waals surface area contributed by atoms with E-state index in [2.05, 4.69) is 22.5 Å². The van der Waals surface area contributed by atoms with Crippen LogP contribution in [0.15, 0.2) is 12.4 Å². The fourth-order valence-corrected chi connectivity index (χ4v) is 1.39. The molecule has 1 aromatic heterocycles. The lowest BCUT2D eigenvalue weighted by Crippen LogP contribution is -2.35. The molecule has 3 nitrogen and oxygen atoms in total. The summed E-state index contributed by atoms with van der Waals surface area (Å²) < 4.78 is 2.20. The minimum atomic E-state index is 0.643. The van der Waals surface area contributed by atoms with Gasteiger partial charge in [-0.25, -0.2) is 9.55 Å². The van der Waals surface area contributed by atoms with E-state index in [1.165, 1.54) is 5.82 Å². The SMILES string of the molecule is CCCc1[nH]cc[n+]1CCCC#N. The number of unbranched alkanes of at least 4 members (excludes halogenated alkanes) is 1. The number of rotatable bonds is 5. The van der Waals surface area contributed by atoms with Crippen molar-refractivity contribution in [1.29, 1.82) is 5.26 Å². The predicted molar refractivity (Wildman–Crippen MR) is 49.8 cm³/mol. The van der Waals surface area contributed by atoms with E-state index >= 15 is 0 Å². The molecule has 1 heterocycles. The summed E-state index contributed by atoms with van der Waals surface area (Å²) in [4.78, 5) is 3.21. The van der Waals surface area contributed by atoms with Gasteiger partial charge in [-0.1, -0.05) is 6.92 Å². The summed E-state index contributed by atoms with van der Waals surface area (Å²) in [6, 6.07) is 2.16. The van der Waals surface area contributed by atoms with Gasteiger partial charge in [-0.15, -0.1) is 0 Å². The smallest absolute Gasteiger partial charge is 0.248 e. The number of nitrogens with one attached hydrogen (secondary N) is 1. The molecule has 3 heteroatoms. The molecular weight excluding hydrogens is 162 g/mol. The van der Waals surface area contributed by atoms with E-state index in [9.17, 15) is 0 Å². The number of aryl methyl sites for hydroxylation is 2. The van der Waals surface area contributed by atoms with Crippen LogP contribution in [0.3, 0.4) is 0 Å². The third-order valence-corrected chi connectivity index (χ3v) is 2.03. The Morgan fingerprint density at radius 2 is 2.46 bits per heavy atom. The molecule has 70 valence electrons. The summed E-state index contributed by atoms with van der Waals surface area (Å²) in [6.07, 6.45) is 7.82. The van der Waals surface area contributed by atoms with Crippen LogP contribution in [0, 0.1) is 11.3 Å². The minimum absolute atomic E-state index is 0.643. The molecule has 0 aliphatic rings. The molecule has 0 unspecified atom stereocenters. The third-order valence-electron chi connectivity index (χ3n) is 2.03. The molecule has 0 fully saturated rings. The average Bonchev–Trinajstić information content (AvgIpc) is 2.54. The van der Waals surface area contributed by atoms with E-state index in [1.807, 2.05) is 12.4 Å². The summed E-state index contributed by atoms with van der Waals surface area (Å²) in [5, 5.41) is 8.40. The normalized spacial score (nSPS) is 9.85. The Kier molecular flexibility index (Phi) is 4.04. The third kappa shape index (κ3) is 2.90. The van der Waals surface area contributed by atoms with Gasteiger partial charge < -0.3 is 0 Å². The van der Waals surface area contributed by atoms with Crippen LogP contribution in [0.5, 0.6) is 0 Å². The van der Waals surface area contributed by atoms with Gasteiger partial charge in [0.25, 0.3) is 5.82 Å². The number of aromatic amines is 1. The zero-order chi connectivity index (χ0) is 9.52. The quantitative estimate of drug-likeness (QED) is 0.539. The van der Waals surface area contributed by atoms with Crippen LogP contribution in [0.25, 0.3) is 0 Å². The Balaban J connectivity index is 2.46. The minimum Gasteiger partial charge on any atom is -0.248 e. The highest BCUT2D eigenvalue weighted by Crippen LogP contribution is 1.94. The van der Waals surface area contributed by atoms with Crippen molar-refractivity contribution in [2.24, 2.45) is 0 Å². The van der Waals surface area contributed by atoms with Gasteiger partial charge in [0.05, 0.1) is 12.6 Å². The first-order valence-electron chi connectivity index (χ1n) is 4.81. The van der Waals surface area contributed by atoms with Gasteiger partial charge in [0.1, 0.15) is 12.4 Å². The number of nitriles is 1. The number of hydrogen-bond donors (Lipinski definition) is 1. The highest BCUT2D eigenvalue weighted by Gasteiger charge is 2.07. The van der Waals surface area contributed by atoms with Crippen LogP contribution >= 0.6 is 0 Å². The molecule has 1 aromatic rings. The van der Waals surface area contributed by atoms with Gasteiger partial charge in [-0.05, 0) is 12.8 Å². The monoisotopic (exact) mass is 178 g/mol. The lowest BCUT2D eigenvalue weighted by atomic mass is 10.3. The molecule has 0 aliphatic carbocycles. The lowest BCUT2D eigenvalue weighted by Gasteiger charge is -1.96. The predicted octanol–water partition coefficient (Wildman–Crippen LogP) is 1.56. The fourth-order valence-electron chi connectivity index (χ4n) is 1.39. The second-order valence-corrected chi connectivity index (χ2v) is 3.11. The lowest BCUT2D eigenvalue weighted by molar-refractivity contribution is -0.703. The molecule has 1 N–H and O–H groups in total. The fraction of sp³-hybridized carbons (Fsp3) is 0.600. The summed E-state index contributed by atoms with van der Waals surface area (Å²) in [5.74, 6) is 1.26. The maximum absolute atomic E-state index is 8.40. The van der Waals surface area contributed by atoms with E-state index in [1.54, 1.807) is 0 Å².